The van der Waals surface area contributed by atoms with Crippen LogP contribution in [0.1, 0.15) is 52.3 Å². The Morgan fingerprint density at radius 2 is 2.17 bits per heavy atom. The van der Waals surface area contributed by atoms with Crippen molar-refractivity contribution in [2.45, 2.75) is 39.7 Å². The van der Waals surface area contributed by atoms with Crippen molar-refractivity contribution in [2.24, 2.45) is 0 Å². The number of amides is 1. The second-order valence-electron chi connectivity index (χ2n) is 6.71. The van der Waals surface area contributed by atoms with Crippen molar-refractivity contribution in [1.29, 1.82) is 0 Å². The van der Waals surface area contributed by atoms with Crippen LogP contribution >= 0.6 is 11.3 Å². The summed E-state index contributed by atoms with van der Waals surface area (Å²) in [5.41, 5.74) is 2.13. The van der Waals surface area contributed by atoms with E-state index in [1.165, 1.54) is 5.56 Å². The van der Waals surface area contributed by atoms with Gasteiger partial charge in [0.05, 0.1) is 11.4 Å². The Bertz CT molecular complexity index is 923. The molecule has 0 fully saturated rings. The zero-order chi connectivity index (χ0) is 16.8. The molecule has 3 aromatic rings. The lowest BCUT2D eigenvalue weighted by atomic mass is 10.1. The highest BCUT2D eigenvalue weighted by atomic mass is 32.1. The fraction of sp³-hybridized carbons (Fsp3) is 0.368. The van der Waals surface area contributed by atoms with E-state index in [0.29, 0.717) is 13.1 Å². The van der Waals surface area contributed by atoms with Crippen LogP contribution in [0.3, 0.4) is 0 Å². The van der Waals surface area contributed by atoms with Crippen molar-refractivity contribution in [3.05, 3.63) is 52.1 Å². The largest absolute Gasteiger partial charge is 0.445 e. The molecule has 3 heterocycles. The molecular weight excluding hydrogens is 320 g/mol. The summed E-state index contributed by atoms with van der Waals surface area (Å²) in [6.45, 7) is 7.43. The summed E-state index contributed by atoms with van der Waals surface area (Å²) in [6.07, 6.45) is 0.741. The van der Waals surface area contributed by atoms with E-state index in [-0.39, 0.29) is 11.8 Å². The lowest BCUT2D eigenvalue weighted by Gasteiger charge is -2.24. The molecule has 1 aliphatic rings. The van der Waals surface area contributed by atoms with Crippen LogP contribution in [0, 0.1) is 6.92 Å². The minimum absolute atomic E-state index is 0.0913. The van der Waals surface area contributed by atoms with Crippen molar-refractivity contribution < 1.29 is 9.21 Å². The minimum Gasteiger partial charge on any atom is -0.445 e. The number of hydrogen-bond acceptors (Lipinski definition) is 4. The van der Waals surface area contributed by atoms with Crippen LogP contribution < -0.4 is 0 Å². The van der Waals surface area contributed by atoms with Gasteiger partial charge in [-0.05, 0) is 24.4 Å². The Hall–Kier alpha value is -2.14. The average Bonchev–Trinajstić information content (AvgIpc) is 3.16. The maximum absolute atomic E-state index is 12.9. The molecule has 4 nitrogen and oxygen atoms in total. The van der Waals surface area contributed by atoms with Gasteiger partial charge in [-0.2, -0.15) is 0 Å². The third-order valence-electron chi connectivity index (χ3n) is 4.41. The first-order valence-electron chi connectivity index (χ1n) is 8.29. The zero-order valence-corrected chi connectivity index (χ0v) is 14.9. The van der Waals surface area contributed by atoms with Crippen LogP contribution in [-0.4, -0.2) is 22.3 Å². The number of thiophene rings is 1. The van der Waals surface area contributed by atoms with E-state index in [1.807, 2.05) is 11.0 Å². The number of aryl methyl sites for hydroxylation is 1. The molecule has 5 heteroatoms. The number of oxazole rings is 1. The molecule has 0 bridgehead atoms. The molecule has 0 saturated carbocycles. The number of nitrogens with zero attached hydrogens (tertiary/aromatic N) is 2. The van der Waals surface area contributed by atoms with Gasteiger partial charge in [-0.1, -0.05) is 31.5 Å². The van der Waals surface area contributed by atoms with Crippen LogP contribution in [0.25, 0.3) is 10.1 Å². The van der Waals surface area contributed by atoms with Gasteiger partial charge in [0, 0.05) is 23.6 Å². The van der Waals surface area contributed by atoms with E-state index in [2.05, 4.69) is 44.0 Å². The van der Waals surface area contributed by atoms with E-state index in [0.717, 1.165) is 38.7 Å². The highest BCUT2D eigenvalue weighted by Gasteiger charge is 2.27. The molecule has 0 unspecified atom stereocenters. The first-order valence-corrected chi connectivity index (χ1v) is 9.11. The topological polar surface area (TPSA) is 46.3 Å². The third kappa shape index (κ3) is 2.63. The van der Waals surface area contributed by atoms with E-state index in [1.54, 1.807) is 11.3 Å². The molecular formula is C19H20N2O2S. The Labute approximate surface area is 145 Å². The Morgan fingerprint density at radius 1 is 1.33 bits per heavy atom. The normalized spacial score (nSPS) is 14.4. The molecule has 1 aromatic carbocycles. The summed E-state index contributed by atoms with van der Waals surface area (Å²) in [6, 6.07) is 8.31. The molecule has 0 aliphatic carbocycles. The Kier molecular flexibility index (Phi) is 3.68. The molecule has 2 aromatic heterocycles. The number of rotatable bonds is 2. The third-order valence-corrected chi connectivity index (χ3v) is 5.51. The minimum atomic E-state index is 0.0913. The maximum Gasteiger partial charge on any atom is 0.264 e. The smallest absolute Gasteiger partial charge is 0.264 e. The summed E-state index contributed by atoms with van der Waals surface area (Å²) in [4.78, 5) is 20.1. The summed E-state index contributed by atoms with van der Waals surface area (Å²) in [7, 11) is 0. The lowest BCUT2D eigenvalue weighted by molar-refractivity contribution is 0.0733. The summed E-state index contributed by atoms with van der Waals surface area (Å²) >= 11 is 1.56. The van der Waals surface area contributed by atoms with Gasteiger partial charge in [0.15, 0.2) is 5.89 Å². The molecule has 0 spiro atoms. The number of carbonyl (C=O) groups excluding carboxylic acids is 1. The molecule has 24 heavy (non-hydrogen) atoms. The standard InChI is InChI=1S/C19H20N2O2S/c1-11(2)18-20-14-10-21(7-6-15(14)23-18)19(22)17-9-13-8-12(3)4-5-16(13)24-17/h4-5,8-9,11H,6-7,10H2,1-3H3. The van der Waals surface area contributed by atoms with Crippen LogP contribution in [0.4, 0.5) is 0 Å². The molecule has 1 aliphatic heterocycles. The number of fused-ring (bicyclic) bond motifs is 2. The first kappa shape index (κ1) is 15.4. The van der Waals surface area contributed by atoms with Gasteiger partial charge in [-0.3, -0.25) is 4.79 Å². The molecule has 0 N–H and O–H groups in total. The van der Waals surface area contributed by atoms with Crippen molar-refractivity contribution in [2.75, 3.05) is 6.54 Å². The fourth-order valence-electron chi connectivity index (χ4n) is 3.06. The summed E-state index contributed by atoms with van der Waals surface area (Å²) in [5, 5.41) is 1.14. The second kappa shape index (κ2) is 5.74. The van der Waals surface area contributed by atoms with Gasteiger partial charge in [-0.25, -0.2) is 4.98 Å². The number of carbonyl (C=O) groups is 1. The maximum atomic E-state index is 12.9. The van der Waals surface area contributed by atoms with Crippen LogP contribution in [0.15, 0.2) is 28.7 Å². The Balaban J connectivity index is 1.59. The van der Waals surface area contributed by atoms with E-state index in [9.17, 15) is 4.79 Å². The van der Waals surface area contributed by atoms with Crippen molar-refractivity contribution in [1.82, 2.24) is 9.88 Å². The van der Waals surface area contributed by atoms with Gasteiger partial charge in [0.1, 0.15) is 11.5 Å². The fourth-order valence-corrected chi connectivity index (χ4v) is 4.07. The van der Waals surface area contributed by atoms with Gasteiger partial charge in [0.2, 0.25) is 0 Å². The molecule has 4 rings (SSSR count). The van der Waals surface area contributed by atoms with Gasteiger partial charge >= 0.3 is 0 Å². The van der Waals surface area contributed by atoms with E-state index >= 15 is 0 Å². The summed E-state index contributed by atoms with van der Waals surface area (Å²) in [5.74, 6) is 2.07. The number of hydrogen-bond donors (Lipinski definition) is 0. The predicted octanol–water partition coefficient (Wildman–Crippen LogP) is 4.52. The monoisotopic (exact) mass is 340 g/mol. The number of aromatic nitrogens is 1. The van der Waals surface area contributed by atoms with E-state index < -0.39 is 0 Å². The quantitative estimate of drug-likeness (QED) is 0.689. The van der Waals surface area contributed by atoms with Crippen molar-refractivity contribution in [3.63, 3.8) is 0 Å². The highest BCUT2D eigenvalue weighted by molar-refractivity contribution is 7.20. The summed E-state index contributed by atoms with van der Waals surface area (Å²) < 4.78 is 6.97. The lowest BCUT2D eigenvalue weighted by Crippen LogP contribution is -2.35. The molecule has 0 saturated heterocycles. The first-order chi connectivity index (χ1) is 11.5. The predicted molar refractivity (Wildman–Crippen MR) is 95.6 cm³/mol. The van der Waals surface area contributed by atoms with Gasteiger partial charge < -0.3 is 9.32 Å². The molecule has 1 amide bonds. The number of benzene rings is 1. The van der Waals surface area contributed by atoms with Crippen LogP contribution in [0.2, 0.25) is 0 Å². The SMILES string of the molecule is Cc1ccc2sc(C(=O)N3CCc4oc(C(C)C)nc4C3)cc2c1. The van der Waals surface area contributed by atoms with Crippen molar-refractivity contribution in [3.8, 4) is 0 Å². The highest BCUT2D eigenvalue weighted by Crippen LogP contribution is 2.29. The molecule has 0 radical (unpaired) electrons. The molecule has 0 atom stereocenters. The van der Waals surface area contributed by atoms with Gasteiger partial charge in [0.25, 0.3) is 5.91 Å². The van der Waals surface area contributed by atoms with Crippen LogP contribution in [0.5, 0.6) is 0 Å². The van der Waals surface area contributed by atoms with Crippen molar-refractivity contribution >= 4 is 27.3 Å². The molecule has 124 valence electrons. The zero-order valence-electron chi connectivity index (χ0n) is 14.1. The second-order valence-corrected chi connectivity index (χ2v) is 7.79. The van der Waals surface area contributed by atoms with E-state index in [4.69, 9.17) is 4.42 Å². The average molecular weight is 340 g/mol. The van der Waals surface area contributed by atoms with Gasteiger partial charge in [-0.15, -0.1) is 11.3 Å². The van der Waals surface area contributed by atoms with Crippen LogP contribution in [-0.2, 0) is 13.0 Å². The Morgan fingerprint density at radius 3 is 2.96 bits per heavy atom.